The van der Waals surface area contributed by atoms with Gasteiger partial charge in [0.15, 0.2) is 6.29 Å². The van der Waals surface area contributed by atoms with Gasteiger partial charge in [-0.2, -0.15) is 0 Å². The van der Waals surface area contributed by atoms with Crippen molar-refractivity contribution in [2.75, 3.05) is 20.8 Å². The first-order chi connectivity index (χ1) is 19.4. The number of esters is 2. The Morgan fingerprint density at radius 3 is 2.34 bits per heavy atom. The molecule has 0 radical (unpaired) electrons. The number of methoxy groups -OCH3 is 2. The topological polar surface area (TPSA) is 211 Å². The zero-order chi connectivity index (χ0) is 30.1. The lowest BCUT2D eigenvalue weighted by atomic mass is 9.77. The lowest BCUT2D eigenvalue weighted by Crippen LogP contribution is -2.62. The zero-order valence-corrected chi connectivity index (χ0v) is 22.5. The van der Waals surface area contributed by atoms with E-state index in [0.29, 0.717) is 11.3 Å². The molecule has 3 aliphatic rings. The van der Waals surface area contributed by atoms with E-state index in [2.05, 4.69) is 0 Å². The Balaban J connectivity index is 1.58. The molecule has 2 heterocycles. The highest BCUT2D eigenvalue weighted by Crippen LogP contribution is 2.53. The second-order valence-electron chi connectivity index (χ2n) is 10.2. The lowest BCUT2D eigenvalue weighted by Gasteiger charge is -2.46. The zero-order valence-electron chi connectivity index (χ0n) is 22.5. The first kappa shape index (κ1) is 30.9. The van der Waals surface area contributed by atoms with Crippen LogP contribution in [0.25, 0.3) is 6.08 Å². The monoisotopic (exact) mass is 582 g/mol. The highest BCUT2D eigenvalue weighted by atomic mass is 16.8. The normalized spacial score (nSPS) is 38.5. The van der Waals surface area contributed by atoms with Crippen molar-refractivity contribution in [3.63, 3.8) is 0 Å². The first-order valence-electron chi connectivity index (χ1n) is 12.7. The van der Waals surface area contributed by atoms with E-state index in [1.807, 2.05) is 0 Å². The second-order valence-corrected chi connectivity index (χ2v) is 10.2. The summed E-state index contributed by atoms with van der Waals surface area (Å²) in [5.41, 5.74) is -4.03. The van der Waals surface area contributed by atoms with Gasteiger partial charge in [0.2, 0.25) is 6.29 Å². The molecule has 1 saturated heterocycles. The van der Waals surface area contributed by atoms with Gasteiger partial charge >= 0.3 is 11.9 Å². The minimum Gasteiger partial charge on any atom is -0.497 e. The molecule has 1 aliphatic carbocycles. The van der Waals surface area contributed by atoms with E-state index in [-0.39, 0.29) is 5.57 Å². The van der Waals surface area contributed by atoms with Gasteiger partial charge in [0.05, 0.1) is 33.0 Å². The molecule has 1 aromatic rings. The fourth-order valence-electron chi connectivity index (χ4n) is 5.37. The minimum atomic E-state index is -2.21. The van der Waals surface area contributed by atoms with Crippen molar-refractivity contribution in [3.8, 4) is 5.75 Å². The molecule has 4 rings (SSSR count). The fourth-order valence-corrected chi connectivity index (χ4v) is 5.37. The van der Waals surface area contributed by atoms with Crippen molar-refractivity contribution in [2.45, 2.75) is 67.6 Å². The number of carbonyl (C=O) groups excluding carboxylic acids is 2. The minimum absolute atomic E-state index is 0.383. The number of aliphatic hydroxyl groups is 6. The molecular formula is C27H34O14. The van der Waals surface area contributed by atoms with E-state index in [9.17, 15) is 40.2 Å². The Morgan fingerprint density at radius 1 is 1.05 bits per heavy atom. The maximum atomic E-state index is 12.7. The highest BCUT2D eigenvalue weighted by Gasteiger charge is 2.69. The molecule has 41 heavy (non-hydrogen) atoms. The predicted octanol–water partition coefficient (Wildman–Crippen LogP) is -1.65. The number of carbonyl (C=O) groups is 2. The molecule has 0 aromatic heterocycles. The lowest BCUT2D eigenvalue weighted by molar-refractivity contribution is -0.352. The molecule has 0 bridgehead atoms. The standard InChI is InChI=1S/C27H34O14/c1-26(34)17(40-18(29)9-6-13-4-7-14(36-2)8-5-13)10-27(35)15(23(33)37-3)12-38-25(22(26)27)41-24-21(32)20(31)19(30)16(11-28)39-24/h4-9,12,16-17,19-22,24-25,28,30-32,34-35H,10-11H2,1-3H3/b9-6+/t16-,17+,19-,20+,21-,22-,24+,25+,26+,27+/m0/s1. The summed E-state index contributed by atoms with van der Waals surface area (Å²) in [5.74, 6) is -2.74. The van der Waals surface area contributed by atoms with E-state index < -0.39 is 85.2 Å². The molecule has 2 fully saturated rings. The van der Waals surface area contributed by atoms with Gasteiger partial charge < -0.3 is 59.1 Å². The average Bonchev–Trinajstić information content (AvgIpc) is 3.16. The highest BCUT2D eigenvalue weighted by molar-refractivity contribution is 5.91. The van der Waals surface area contributed by atoms with Crippen LogP contribution in [0.15, 0.2) is 42.2 Å². The van der Waals surface area contributed by atoms with E-state index in [0.717, 1.165) is 19.4 Å². The van der Waals surface area contributed by atoms with Crippen molar-refractivity contribution in [3.05, 3.63) is 47.7 Å². The Kier molecular flexibility index (Phi) is 9.06. The summed E-state index contributed by atoms with van der Waals surface area (Å²) in [5, 5.41) is 63.4. The largest absolute Gasteiger partial charge is 0.497 e. The van der Waals surface area contributed by atoms with Crippen molar-refractivity contribution in [1.82, 2.24) is 0 Å². The maximum absolute atomic E-state index is 12.7. The molecule has 0 unspecified atom stereocenters. The molecule has 14 heteroatoms. The first-order valence-corrected chi connectivity index (χ1v) is 12.7. The van der Waals surface area contributed by atoms with Gasteiger partial charge in [-0.15, -0.1) is 0 Å². The Morgan fingerprint density at radius 2 is 1.73 bits per heavy atom. The molecular weight excluding hydrogens is 548 g/mol. The maximum Gasteiger partial charge on any atom is 0.339 e. The van der Waals surface area contributed by atoms with Gasteiger partial charge in [0.1, 0.15) is 53.0 Å². The number of rotatable bonds is 8. The van der Waals surface area contributed by atoms with Gasteiger partial charge in [-0.05, 0) is 30.7 Å². The van der Waals surface area contributed by atoms with E-state index >= 15 is 0 Å². The van der Waals surface area contributed by atoms with E-state index in [1.54, 1.807) is 24.3 Å². The summed E-state index contributed by atoms with van der Waals surface area (Å²) in [6, 6.07) is 6.81. The summed E-state index contributed by atoms with van der Waals surface area (Å²) in [6.45, 7) is 0.518. The van der Waals surface area contributed by atoms with Gasteiger partial charge in [0, 0.05) is 12.5 Å². The third-order valence-electron chi connectivity index (χ3n) is 7.66. The number of benzene rings is 1. The summed E-state index contributed by atoms with van der Waals surface area (Å²) in [7, 11) is 2.60. The summed E-state index contributed by atoms with van der Waals surface area (Å²) in [6.07, 6.45) is -8.29. The number of fused-ring (bicyclic) bond motifs is 1. The van der Waals surface area contributed by atoms with Crippen LogP contribution in [0.1, 0.15) is 18.9 Å². The third kappa shape index (κ3) is 5.82. The molecule has 1 aromatic carbocycles. The summed E-state index contributed by atoms with van der Waals surface area (Å²) in [4.78, 5) is 25.3. The summed E-state index contributed by atoms with van der Waals surface area (Å²) >= 11 is 0. The Labute approximate surface area is 234 Å². The van der Waals surface area contributed by atoms with Gasteiger partial charge in [-0.3, -0.25) is 0 Å². The van der Waals surface area contributed by atoms with Crippen LogP contribution in [0, 0.1) is 5.92 Å². The van der Waals surface area contributed by atoms with Gasteiger partial charge in [-0.1, -0.05) is 12.1 Å². The van der Waals surface area contributed by atoms with E-state index in [4.69, 9.17) is 28.4 Å². The average molecular weight is 583 g/mol. The van der Waals surface area contributed by atoms with Crippen molar-refractivity contribution >= 4 is 18.0 Å². The molecule has 0 amide bonds. The van der Waals surface area contributed by atoms with Crippen molar-refractivity contribution < 1.29 is 68.6 Å². The molecule has 2 aliphatic heterocycles. The number of hydrogen-bond donors (Lipinski definition) is 6. The van der Waals surface area contributed by atoms with Crippen LogP contribution in [-0.4, -0.2) is 118 Å². The van der Waals surface area contributed by atoms with Crippen LogP contribution in [0.5, 0.6) is 5.75 Å². The number of ether oxygens (including phenoxy) is 6. The molecule has 226 valence electrons. The third-order valence-corrected chi connectivity index (χ3v) is 7.66. The SMILES string of the molecule is COC(=O)C1=CO[C@H](O[C@H]2O[C@@H](CO)[C@H](O)[C@@H](O)[C@@H]2O)[C@H]2[C@](C)(O)[C@H](OC(=O)/C=C/c3ccc(OC)cc3)C[C@@]12O. The molecule has 6 N–H and O–H groups in total. The van der Waals surface area contributed by atoms with Crippen LogP contribution in [0.3, 0.4) is 0 Å². The predicted molar refractivity (Wildman–Crippen MR) is 135 cm³/mol. The van der Waals surface area contributed by atoms with Crippen LogP contribution < -0.4 is 4.74 Å². The summed E-state index contributed by atoms with van der Waals surface area (Å²) < 4.78 is 31.9. The smallest absolute Gasteiger partial charge is 0.339 e. The van der Waals surface area contributed by atoms with Gasteiger partial charge in [0.25, 0.3) is 0 Å². The van der Waals surface area contributed by atoms with Crippen LogP contribution in [-0.2, 0) is 33.3 Å². The van der Waals surface area contributed by atoms with E-state index in [1.165, 1.54) is 20.1 Å². The van der Waals surface area contributed by atoms with Gasteiger partial charge in [-0.25, -0.2) is 9.59 Å². The molecule has 14 nitrogen and oxygen atoms in total. The van der Waals surface area contributed by atoms with Crippen LogP contribution >= 0.6 is 0 Å². The number of hydrogen-bond acceptors (Lipinski definition) is 14. The quantitative estimate of drug-likeness (QED) is 0.150. The Hall–Kier alpha value is -3.08. The van der Waals surface area contributed by atoms with Crippen molar-refractivity contribution in [2.24, 2.45) is 5.92 Å². The van der Waals surface area contributed by atoms with Crippen LogP contribution in [0.4, 0.5) is 0 Å². The molecule has 1 saturated carbocycles. The second kappa shape index (κ2) is 12.0. The molecule has 10 atom stereocenters. The Bertz CT molecular complexity index is 1160. The van der Waals surface area contributed by atoms with Crippen molar-refractivity contribution in [1.29, 1.82) is 0 Å². The number of aliphatic hydroxyl groups excluding tert-OH is 4. The fraction of sp³-hybridized carbons (Fsp3) is 0.556. The van der Waals surface area contributed by atoms with Crippen LogP contribution in [0.2, 0.25) is 0 Å². The molecule has 0 spiro atoms.